The maximum absolute atomic E-state index is 12.9. The van der Waals surface area contributed by atoms with Crippen LogP contribution >= 0.6 is 11.3 Å². The van der Waals surface area contributed by atoms with Crippen molar-refractivity contribution < 1.29 is 4.79 Å². The molecule has 1 aliphatic heterocycles. The molecular formula is C26H30N4OS. The molecule has 2 heterocycles. The maximum Gasteiger partial charge on any atom is 0.252 e. The van der Waals surface area contributed by atoms with Crippen LogP contribution in [-0.4, -0.2) is 30.6 Å². The first-order valence-corrected chi connectivity index (χ1v) is 11.9. The van der Waals surface area contributed by atoms with E-state index in [1.165, 1.54) is 41.2 Å². The number of carbonyl (C=O) groups is 1. The molecular weight excluding hydrogens is 416 g/mol. The van der Waals surface area contributed by atoms with Gasteiger partial charge in [-0.25, -0.2) is 0 Å². The van der Waals surface area contributed by atoms with Gasteiger partial charge in [0, 0.05) is 21.9 Å². The van der Waals surface area contributed by atoms with E-state index in [0.29, 0.717) is 16.9 Å². The van der Waals surface area contributed by atoms with Crippen LogP contribution in [0.25, 0.3) is 10.4 Å². The number of nitrogen functional groups attached to an aromatic ring is 1. The van der Waals surface area contributed by atoms with Crippen LogP contribution in [-0.2, 0) is 6.54 Å². The molecule has 1 saturated heterocycles. The molecule has 1 aliphatic rings. The average Bonchev–Trinajstić information content (AvgIpc) is 3.47. The molecule has 6 heteroatoms. The maximum atomic E-state index is 12.9. The minimum absolute atomic E-state index is 0.135. The lowest BCUT2D eigenvalue weighted by Gasteiger charge is -2.17. The quantitative estimate of drug-likeness (QED) is 0.360. The van der Waals surface area contributed by atoms with E-state index >= 15 is 0 Å². The lowest BCUT2D eigenvalue weighted by molar-refractivity contribution is 0.0939. The largest absolute Gasteiger partial charge is 0.397 e. The van der Waals surface area contributed by atoms with Crippen LogP contribution in [0, 0.1) is 6.92 Å². The second kappa shape index (κ2) is 9.67. The van der Waals surface area contributed by atoms with Gasteiger partial charge in [-0.2, -0.15) is 0 Å². The number of thiophene rings is 1. The Kier molecular flexibility index (Phi) is 6.72. The number of aryl methyl sites for hydroxylation is 1. The molecule has 0 bridgehead atoms. The van der Waals surface area contributed by atoms with E-state index in [4.69, 9.17) is 5.73 Å². The van der Waals surface area contributed by atoms with Crippen molar-refractivity contribution >= 4 is 35.3 Å². The first-order chi connectivity index (χ1) is 15.4. The van der Waals surface area contributed by atoms with Crippen molar-refractivity contribution in [3.8, 4) is 10.4 Å². The van der Waals surface area contributed by atoms with Crippen LogP contribution in [0.3, 0.4) is 0 Å². The summed E-state index contributed by atoms with van der Waals surface area (Å²) in [4.78, 5) is 22.0. The van der Waals surface area contributed by atoms with Gasteiger partial charge in [0.05, 0.1) is 17.4 Å². The Labute approximate surface area is 194 Å². The zero-order valence-electron chi connectivity index (χ0n) is 18.7. The zero-order valence-corrected chi connectivity index (χ0v) is 19.5. The third-order valence-electron chi connectivity index (χ3n) is 6.05. The number of nitrogens with two attached hydrogens (primary N) is 1. The molecule has 3 N–H and O–H groups in total. The van der Waals surface area contributed by atoms with E-state index in [1.54, 1.807) is 12.1 Å². The Morgan fingerprint density at radius 2 is 2.00 bits per heavy atom. The van der Waals surface area contributed by atoms with Gasteiger partial charge in [0.1, 0.15) is 0 Å². The SMILES string of the molecule is C=Nc1cc(C)c(C(=O)N[C@H](C)c2cccc(-c3ccc(CN4CCCC4)s3)c2)cc1N. The van der Waals surface area contributed by atoms with Gasteiger partial charge in [-0.15, -0.1) is 11.3 Å². The topological polar surface area (TPSA) is 70.7 Å². The second-order valence-corrected chi connectivity index (χ2v) is 9.62. The van der Waals surface area contributed by atoms with Crippen LogP contribution < -0.4 is 11.1 Å². The van der Waals surface area contributed by atoms with E-state index in [0.717, 1.165) is 17.7 Å². The lowest BCUT2D eigenvalue weighted by Crippen LogP contribution is -2.27. The van der Waals surface area contributed by atoms with Crippen LogP contribution in [0.15, 0.2) is 53.5 Å². The highest BCUT2D eigenvalue weighted by atomic mass is 32.1. The van der Waals surface area contributed by atoms with E-state index in [9.17, 15) is 4.79 Å². The Morgan fingerprint density at radius 3 is 2.75 bits per heavy atom. The zero-order chi connectivity index (χ0) is 22.7. The van der Waals surface area contributed by atoms with Gasteiger partial charge in [0.2, 0.25) is 0 Å². The Balaban J connectivity index is 1.47. The molecule has 1 aromatic heterocycles. The van der Waals surface area contributed by atoms with E-state index in [1.807, 2.05) is 25.2 Å². The number of rotatable bonds is 7. The van der Waals surface area contributed by atoms with Crippen molar-refractivity contribution in [1.29, 1.82) is 0 Å². The van der Waals surface area contributed by atoms with Crippen LogP contribution in [0.2, 0.25) is 0 Å². The van der Waals surface area contributed by atoms with Crippen molar-refractivity contribution in [2.24, 2.45) is 4.99 Å². The number of hydrogen-bond acceptors (Lipinski definition) is 5. The highest BCUT2D eigenvalue weighted by molar-refractivity contribution is 7.15. The fraction of sp³-hybridized carbons (Fsp3) is 0.308. The molecule has 5 nitrogen and oxygen atoms in total. The molecule has 3 aromatic rings. The van der Waals surface area contributed by atoms with Crippen molar-refractivity contribution in [1.82, 2.24) is 10.2 Å². The van der Waals surface area contributed by atoms with Crippen molar-refractivity contribution in [2.75, 3.05) is 18.8 Å². The van der Waals surface area contributed by atoms with Crippen molar-refractivity contribution in [2.45, 2.75) is 39.3 Å². The molecule has 0 saturated carbocycles. The third kappa shape index (κ3) is 4.92. The Morgan fingerprint density at radius 1 is 1.22 bits per heavy atom. The molecule has 1 amide bonds. The summed E-state index contributed by atoms with van der Waals surface area (Å²) < 4.78 is 0. The summed E-state index contributed by atoms with van der Waals surface area (Å²) in [5, 5.41) is 3.11. The third-order valence-corrected chi connectivity index (χ3v) is 7.17. The minimum atomic E-state index is -0.147. The van der Waals surface area contributed by atoms with Crippen molar-refractivity contribution in [3.05, 3.63) is 70.1 Å². The second-order valence-electron chi connectivity index (χ2n) is 8.45. The number of carbonyl (C=O) groups excluding carboxylic acids is 1. The van der Waals surface area contributed by atoms with Crippen LogP contribution in [0.1, 0.15) is 52.2 Å². The number of benzene rings is 2. The molecule has 0 radical (unpaired) electrons. The van der Waals surface area contributed by atoms with E-state index in [-0.39, 0.29) is 11.9 Å². The summed E-state index contributed by atoms with van der Waals surface area (Å²) in [5.74, 6) is -0.147. The van der Waals surface area contributed by atoms with Gasteiger partial charge in [0.15, 0.2) is 0 Å². The molecule has 32 heavy (non-hydrogen) atoms. The number of hydrogen-bond donors (Lipinski definition) is 2. The van der Waals surface area contributed by atoms with Gasteiger partial charge in [-0.3, -0.25) is 14.7 Å². The number of likely N-dealkylation sites (tertiary alicyclic amines) is 1. The molecule has 1 fully saturated rings. The average molecular weight is 447 g/mol. The fourth-order valence-corrected chi connectivity index (χ4v) is 5.24. The number of nitrogens with one attached hydrogen (secondary N) is 1. The van der Waals surface area contributed by atoms with Crippen LogP contribution in [0.4, 0.5) is 11.4 Å². The summed E-state index contributed by atoms with van der Waals surface area (Å²) in [6.07, 6.45) is 2.62. The highest BCUT2D eigenvalue weighted by Crippen LogP contribution is 2.31. The number of amides is 1. The van der Waals surface area contributed by atoms with E-state index in [2.05, 4.69) is 58.3 Å². The highest BCUT2D eigenvalue weighted by Gasteiger charge is 2.17. The lowest BCUT2D eigenvalue weighted by atomic mass is 10.0. The molecule has 0 aliphatic carbocycles. The number of anilines is 1. The number of aliphatic imine (C=N–C) groups is 1. The summed E-state index contributed by atoms with van der Waals surface area (Å²) in [6.45, 7) is 10.9. The predicted octanol–water partition coefficient (Wildman–Crippen LogP) is 5.72. The molecule has 4 rings (SSSR count). The first kappa shape index (κ1) is 22.2. The molecule has 0 spiro atoms. The smallest absolute Gasteiger partial charge is 0.252 e. The fourth-order valence-electron chi connectivity index (χ4n) is 4.19. The van der Waals surface area contributed by atoms with Gasteiger partial charge in [-0.1, -0.05) is 18.2 Å². The molecule has 1 atom stereocenters. The summed E-state index contributed by atoms with van der Waals surface area (Å²) >= 11 is 1.85. The molecule has 166 valence electrons. The molecule has 0 unspecified atom stereocenters. The minimum Gasteiger partial charge on any atom is -0.397 e. The summed E-state index contributed by atoms with van der Waals surface area (Å²) in [5.41, 5.74) is 10.7. The Bertz CT molecular complexity index is 1130. The first-order valence-electron chi connectivity index (χ1n) is 11.0. The van der Waals surface area contributed by atoms with E-state index < -0.39 is 0 Å². The number of nitrogens with zero attached hydrogens (tertiary/aromatic N) is 2. The molecule has 2 aromatic carbocycles. The standard InChI is InChI=1S/C26H30N4OS/c1-17-13-24(28-3)23(27)15-22(17)26(31)29-18(2)19-7-6-8-20(14-19)25-10-9-21(32-25)16-30-11-4-5-12-30/h6-10,13-15,18H,3-5,11-12,16,27H2,1-2H3,(H,29,31)/t18-/m1/s1. The van der Waals surface area contributed by atoms with Gasteiger partial charge >= 0.3 is 0 Å². The summed E-state index contributed by atoms with van der Waals surface area (Å²) in [7, 11) is 0. The predicted molar refractivity (Wildman–Crippen MR) is 135 cm³/mol. The monoisotopic (exact) mass is 446 g/mol. The Hall–Kier alpha value is -2.96. The van der Waals surface area contributed by atoms with Crippen molar-refractivity contribution in [3.63, 3.8) is 0 Å². The van der Waals surface area contributed by atoms with Gasteiger partial charge < -0.3 is 11.1 Å². The summed E-state index contributed by atoms with van der Waals surface area (Å²) in [6, 6.07) is 16.2. The van der Waals surface area contributed by atoms with Gasteiger partial charge in [0.25, 0.3) is 5.91 Å². The van der Waals surface area contributed by atoms with Crippen LogP contribution in [0.5, 0.6) is 0 Å². The normalized spacial score (nSPS) is 14.9. The van der Waals surface area contributed by atoms with Gasteiger partial charge in [-0.05, 0) is 93.5 Å².